The fourth-order valence-electron chi connectivity index (χ4n) is 1.49. The maximum Gasteiger partial charge on any atom is 0.320 e. The van der Waals surface area contributed by atoms with Crippen molar-refractivity contribution >= 4 is 5.97 Å². The van der Waals surface area contributed by atoms with Gasteiger partial charge in [0.05, 0.1) is 7.11 Å². The van der Waals surface area contributed by atoms with Gasteiger partial charge in [-0.3, -0.25) is 4.79 Å². The molecule has 0 aliphatic heterocycles. The van der Waals surface area contributed by atoms with Crippen molar-refractivity contribution < 1.29 is 14.6 Å². The van der Waals surface area contributed by atoms with Crippen LogP contribution in [0.25, 0.3) is 0 Å². The second kappa shape index (κ2) is 6.12. The number of ether oxygens (including phenoxy) is 1. The maximum atomic E-state index is 10.8. The summed E-state index contributed by atoms with van der Waals surface area (Å²) in [5.74, 6) is 0.00293. The minimum Gasteiger partial charge on any atom is -0.497 e. The lowest BCUT2D eigenvalue weighted by molar-refractivity contribution is -0.139. The Balaban J connectivity index is 2.50. The minimum absolute atomic E-state index is 0.484. The SMILES string of the molecule is CN[C@H](CCc1ccc(OC)cc1)C(=O)O. The molecule has 0 radical (unpaired) electrons. The molecule has 0 amide bonds. The number of hydrogen-bond donors (Lipinski definition) is 2. The fourth-order valence-corrected chi connectivity index (χ4v) is 1.49. The van der Waals surface area contributed by atoms with E-state index in [1.807, 2.05) is 24.3 Å². The molecular weight excluding hydrogens is 206 g/mol. The monoisotopic (exact) mass is 223 g/mol. The number of rotatable bonds is 6. The first-order valence-corrected chi connectivity index (χ1v) is 5.20. The number of carboxylic acids is 1. The summed E-state index contributed by atoms with van der Waals surface area (Å²) in [5.41, 5.74) is 1.11. The number of aliphatic carboxylic acids is 1. The molecule has 1 atom stereocenters. The van der Waals surface area contributed by atoms with Crippen molar-refractivity contribution in [2.45, 2.75) is 18.9 Å². The van der Waals surface area contributed by atoms with Gasteiger partial charge in [-0.25, -0.2) is 0 Å². The van der Waals surface area contributed by atoms with Gasteiger partial charge >= 0.3 is 5.97 Å². The molecule has 1 rings (SSSR count). The molecule has 4 nitrogen and oxygen atoms in total. The molecule has 0 saturated carbocycles. The Bertz CT molecular complexity index is 335. The highest BCUT2D eigenvalue weighted by Crippen LogP contribution is 2.13. The van der Waals surface area contributed by atoms with Gasteiger partial charge in [0, 0.05) is 0 Å². The molecule has 0 spiro atoms. The second-order valence-corrected chi connectivity index (χ2v) is 3.57. The zero-order valence-corrected chi connectivity index (χ0v) is 9.56. The molecule has 88 valence electrons. The second-order valence-electron chi connectivity index (χ2n) is 3.57. The van der Waals surface area contributed by atoms with Gasteiger partial charge in [0.2, 0.25) is 0 Å². The number of methoxy groups -OCH3 is 1. The van der Waals surface area contributed by atoms with Crippen LogP contribution in [-0.2, 0) is 11.2 Å². The molecule has 0 unspecified atom stereocenters. The zero-order valence-electron chi connectivity index (χ0n) is 9.56. The molecule has 4 heteroatoms. The summed E-state index contributed by atoms with van der Waals surface area (Å²) < 4.78 is 5.05. The first-order valence-electron chi connectivity index (χ1n) is 5.20. The Morgan fingerprint density at radius 3 is 2.50 bits per heavy atom. The summed E-state index contributed by atoms with van der Waals surface area (Å²) in [4.78, 5) is 10.8. The standard InChI is InChI=1S/C12H17NO3/c1-13-11(12(14)15)8-5-9-3-6-10(16-2)7-4-9/h3-4,6-7,11,13H,5,8H2,1-2H3,(H,14,15)/t11-/m1/s1. The van der Waals surface area contributed by atoms with Gasteiger partial charge in [0.25, 0.3) is 0 Å². The Morgan fingerprint density at radius 2 is 2.06 bits per heavy atom. The van der Waals surface area contributed by atoms with Crippen molar-refractivity contribution in [2.75, 3.05) is 14.2 Å². The van der Waals surface area contributed by atoms with E-state index in [9.17, 15) is 4.79 Å². The van der Waals surface area contributed by atoms with Crippen molar-refractivity contribution in [3.8, 4) is 5.75 Å². The van der Waals surface area contributed by atoms with E-state index in [4.69, 9.17) is 9.84 Å². The van der Waals surface area contributed by atoms with Crippen LogP contribution < -0.4 is 10.1 Å². The minimum atomic E-state index is -0.809. The van der Waals surface area contributed by atoms with Crippen LogP contribution in [0.1, 0.15) is 12.0 Å². The molecule has 0 fully saturated rings. The number of benzene rings is 1. The van der Waals surface area contributed by atoms with Crippen molar-refractivity contribution in [3.05, 3.63) is 29.8 Å². The van der Waals surface area contributed by atoms with E-state index in [-0.39, 0.29) is 0 Å². The van der Waals surface area contributed by atoms with Crippen LogP contribution in [0.3, 0.4) is 0 Å². The lowest BCUT2D eigenvalue weighted by Crippen LogP contribution is -2.34. The first kappa shape index (κ1) is 12.5. The number of carbonyl (C=O) groups is 1. The quantitative estimate of drug-likeness (QED) is 0.763. The van der Waals surface area contributed by atoms with E-state index in [0.29, 0.717) is 6.42 Å². The van der Waals surface area contributed by atoms with Crippen LogP contribution in [-0.4, -0.2) is 31.3 Å². The third-order valence-corrected chi connectivity index (χ3v) is 2.53. The van der Waals surface area contributed by atoms with Crippen molar-refractivity contribution in [2.24, 2.45) is 0 Å². The van der Waals surface area contributed by atoms with Crippen LogP contribution in [0.15, 0.2) is 24.3 Å². The third kappa shape index (κ3) is 3.55. The van der Waals surface area contributed by atoms with Crippen molar-refractivity contribution in [1.82, 2.24) is 5.32 Å². The highest BCUT2D eigenvalue weighted by Gasteiger charge is 2.13. The number of nitrogens with one attached hydrogen (secondary N) is 1. The van der Waals surface area contributed by atoms with Crippen molar-refractivity contribution in [3.63, 3.8) is 0 Å². The van der Waals surface area contributed by atoms with Gasteiger partial charge in [-0.1, -0.05) is 12.1 Å². The van der Waals surface area contributed by atoms with Crippen LogP contribution in [0.4, 0.5) is 0 Å². The van der Waals surface area contributed by atoms with Gasteiger partial charge in [0.15, 0.2) is 0 Å². The normalized spacial score (nSPS) is 12.1. The van der Waals surface area contributed by atoms with Crippen LogP contribution >= 0.6 is 0 Å². The van der Waals surface area contributed by atoms with Crippen LogP contribution in [0.2, 0.25) is 0 Å². The molecular formula is C12H17NO3. The summed E-state index contributed by atoms with van der Waals surface area (Å²) in [5, 5.41) is 11.6. The lowest BCUT2D eigenvalue weighted by atomic mass is 10.1. The Kier molecular flexibility index (Phi) is 4.79. The number of carboxylic acid groups (broad SMARTS) is 1. The Hall–Kier alpha value is -1.55. The Morgan fingerprint density at radius 1 is 1.44 bits per heavy atom. The van der Waals surface area contributed by atoms with Gasteiger partial charge in [0.1, 0.15) is 11.8 Å². The molecule has 1 aromatic carbocycles. The summed E-state index contributed by atoms with van der Waals surface area (Å²) in [6.07, 6.45) is 1.32. The number of likely N-dealkylation sites (N-methyl/N-ethyl adjacent to an activating group) is 1. The van der Waals surface area contributed by atoms with E-state index in [1.165, 1.54) is 0 Å². The van der Waals surface area contributed by atoms with Gasteiger partial charge in [-0.15, -0.1) is 0 Å². The van der Waals surface area contributed by atoms with Crippen LogP contribution in [0.5, 0.6) is 5.75 Å². The topological polar surface area (TPSA) is 58.6 Å². The molecule has 2 N–H and O–H groups in total. The molecule has 0 aromatic heterocycles. The van der Waals surface area contributed by atoms with E-state index < -0.39 is 12.0 Å². The van der Waals surface area contributed by atoms with Crippen molar-refractivity contribution in [1.29, 1.82) is 0 Å². The van der Waals surface area contributed by atoms with Gasteiger partial charge < -0.3 is 15.2 Å². The highest BCUT2D eigenvalue weighted by molar-refractivity contribution is 5.73. The number of aryl methyl sites for hydroxylation is 1. The molecule has 0 heterocycles. The first-order chi connectivity index (χ1) is 7.67. The average Bonchev–Trinajstić information content (AvgIpc) is 2.30. The molecule has 0 aliphatic rings. The predicted octanol–water partition coefficient (Wildman–Crippen LogP) is 1.30. The van der Waals surface area contributed by atoms with E-state index in [1.54, 1.807) is 14.2 Å². The maximum absolute atomic E-state index is 10.8. The molecule has 0 aliphatic carbocycles. The van der Waals surface area contributed by atoms with Crippen LogP contribution in [0, 0.1) is 0 Å². The Labute approximate surface area is 95.2 Å². The largest absolute Gasteiger partial charge is 0.497 e. The molecule has 16 heavy (non-hydrogen) atoms. The zero-order chi connectivity index (χ0) is 12.0. The van der Waals surface area contributed by atoms with Gasteiger partial charge in [-0.05, 0) is 37.6 Å². The molecule has 0 bridgehead atoms. The van der Waals surface area contributed by atoms with E-state index in [0.717, 1.165) is 17.7 Å². The van der Waals surface area contributed by atoms with E-state index >= 15 is 0 Å². The van der Waals surface area contributed by atoms with E-state index in [2.05, 4.69) is 5.32 Å². The lowest BCUT2D eigenvalue weighted by Gasteiger charge is -2.10. The average molecular weight is 223 g/mol. The smallest absolute Gasteiger partial charge is 0.320 e. The summed E-state index contributed by atoms with van der Waals surface area (Å²) in [7, 11) is 3.28. The predicted molar refractivity (Wildman–Crippen MR) is 61.8 cm³/mol. The fraction of sp³-hybridized carbons (Fsp3) is 0.417. The van der Waals surface area contributed by atoms with Gasteiger partial charge in [-0.2, -0.15) is 0 Å². The summed E-state index contributed by atoms with van der Waals surface area (Å²) in [6, 6.07) is 7.18. The summed E-state index contributed by atoms with van der Waals surface area (Å²) in [6.45, 7) is 0. The third-order valence-electron chi connectivity index (χ3n) is 2.53. The molecule has 1 aromatic rings. The molecule has 0 saturated heterocycles. The highest BCUT2D eigenvalue weighted by atomic mass is 16.5. The summed E-state index contributed by atoms with van der Waals surface area (Å²) >= 11 is 0. The number of hydrogen-bond acceptors (Lipinski definition) is 3.